The molecule has 0 bridgehead atoms. The van der Waals surface area contributed by atoms with Gasteiger partial charge in [0.2, 0.25) is 12.2 Å². The van der Waals surface area contributed by atoms with Gasteiger partial charge in [-0.25, -0.2) is 0 Å². The maximum atomic E-state index is 11.9. The Hall–Kier alpha value is -3.34. The molecule has 1 aromatic rings. The smallest absolute Gasteiger partial charge is 0.303 e. The van der Waals surface area contributed by atoms with E-state index in [1.807, 2.05) is 0 Å². The summed E-state index contributed by atoms with van der Waals surface area (Å²) >= 11 is 0. The summed E-state index contributed by atoms with van der Waals surface area (Å²) in [4.78, 5) is 46.8. The Morgan fingerprint density at radius 2 is 1.56 bits per heavy atom. The average molecular weight is 453 g/mol. The zero-order chi connectivity index (χ0) is 23.8. The largest absolute Gasteiger partial charge is 0.497 e. The van der Waals surface area contributed by atoms with Gasteiger partial charge in [0.05, 0.1) is 7.11 Å². The second kappa shape index (κ2) is 11.3. The number of esters is 3. The normalized spacial score (nSPS) is 24.6. The van der Waals surface area contributed by atoms with Gasteiger partial charge in [0.25, 0.3) is 0 Å². The van der Waals surface area contributed by atoms with Crippen molar-refractivity contribution in [2.75, 3.05) is 13.7 Å². The van der Waals surface area contributed by atoms with E-state index in [1.165, 1.54) is 34.8 Å². The number of rotatable bonds is 8. The van der Waals surface area contributed by atoms with Gasteiger partial charge in [0, 0.05) is 33.8 Å². The second-order valence-corrected chi connectivity index (χ2v) is 7.02. The average Bonchev–Trinajstić information content (AvgIpc) is 2.70. The lowest BCUT2D eigenvalue weighted by molar-refractivity contribution is -0.257. The van der Waals surface area contributed by atoms with Crippen LogP contribution in [0.5, 0.6) is 11.5 Å². The summed E-state index contributed by atoms with van der Waals surface area (Å²) in [7, 11) is 1.49. The van der Waals surface area contributed by atoms with Gasteiger partial charge in [-0.1, -0.05) is 6.07 Å². The van der Waals surface area contributed by atoms with Crippen LogP contribution in [-0.2, 0) is 38.1 Å². The first-order valence-corrected chi connectivity index (χ1v) is 9.81. The fourth-order valence-electron chi connectivity index (χ4n) is 3.20. The highest BCUT2D eigenvalue weighted by Crippen LogP contribution is 2.30. The van der Waals surface area contributed by atoms with Crippen molar-refractivity contribution >= 4 is 23.8 Å². The van der Waals surface area contributed by atoms with Crippen molar-refractivity contribution < 1.29 is 47.6 Å². The molecular formula is C21H27NO10. The predicted molar refractivity (Wildman–Crippen MR) is 108 cm³/mol. The number of carbonyl (C=O) groups excluding carboxylic acids is 4. The van der Waals surface area contributed by atoms with E-state index in [4.69, 9.17) is 28.4 Å². The highest BCUT2D eigenvalue weighted by atomic mass is 16.7. The molecule has 0 saturated carbocycles. The second-order valence-electron chi connectivity index (χ2n) is 7.02. The number of hydrogen-bond acceptors (Lipinski definition) is 10. The van der Waals surface area contributed by atoms with E-state index >= 15 is 0 Å². The van der Waals surface area contributed by atoms with Gasteiger partial charge in [-0.3, -0.25) is 19.2 Å². The van der Waals surface area contributed by atoms with Crippen LogP contribution in [0.4, 0.5) is 0 Å². The van der Waals surface area contributed by atoms with Crippen LogP contribution >= 0.6 is 0 Å². The zero-order valence-corrected chi connectivity index (χ0v) is 18.5. The van der Waals surface area contributed by atoms with Gasteiger partial charge < -0.3 is 33.7 Å². The molecule has 0 radical (unpaired) electrons. The summed E-state index contributed by atoms with van der Waals surface area (Å²) in [6, 6.07) is 5.57. The standard InChI is InChI=1S/C21H27NO10/c1-11(23)22-18-20(30-14(4)26)19(29-13(3)25)17(10-28-12(2)24)32-21(18)31-16-8-6-7-15(9-16)27-5/h6-9,17-21H,10H2,1-5H3,(H,22,23)/t17-,18-,19-,20-,21-/m0/s1. The Morgan fingerprint density at radius 1 is 0.938 bits per heavy atom. The first-order valence-electron chi connectivity index (χ1n) is 9.81. The topological polar surface area (TPSA) is 136 Å². The highest BCUT2D eigenvalue weighted by Gasteiger charge is 2.51. The van der Waals surface area contributed by atoms with Crippen molar-refractivity contribution in [2.24, 2.45) is 0 Å². The number of nitrogens with one attached hydrogen (secondary N) is 1. The Balaban J connectivity index is 2.45. The van der Waals surface area contributed by atoms with Crippen LogP contribution in [-0.4, -0.2) is 68.2 Å². The molecule has 1 saturated heterocycles. The Morgan fingerprint density at radius 3 is 2.12 bits per heavy atom. The van der Waals surface area contributed by atoms with Gasteiger partial charge in [-0.05, 0) is 12.1 Å². The number of benzene rings is 1. The molecule has 11 heteroatoms. The van der Waals surface area contributed by atoms with Crippen molar-refractivity contribution in [1.82, 2.24) is 5.32 Å². The maximum absolute atomic E-state index is 11.9. The first-order chi connectivity index (χ1) is 15.1. The molecule has 11 nitrogen and oxygen atoms in total. The SMILES string of the molecule is COc1cccc(O[C@H]2O[C@@H](COC(C)=O)[C@H](OC(C)=O)[C@@H](OC(C)=O)[C@@H]2NC(C)=O)c1. The van der Waals surface area contributed by atoms with Crippen LogP contribution in [0.15, 0.2) is 24.3 Å². The molecule has 1 aliphatic rings. The lowest BCUT2D eigenvalue weighted by Gasteiger charge is -2.44. The summed E-state index contributed by atoms with van der Waals surface area (Å²) in [5.74, 6) is -1.57. The molecule has 1 aliphatic heterocycles. The van der Waals surface area contributed by atoms with Crippen LogP contribution in [0.25, 0.3) is 0 Å². The minimum atomic E-state index is -1.19. The van der Waals surface area contributed by atoms with Crippen molar-refractivity contribution in [3.8, 4) is 11.5 Å². The van der Waals surface area contributed by atoms with Crippen molar-refractivity contribution in [3.63, 3.8) is 0 Å². The Bertz CT molecular complexity index is 842. The van der Waals surface area contributed by atoms with Gasteiger partial charge in [0.1, 0.15) is 30.3 Å². The molecule has 2 rings (SSSR count). The Kier molecular flexibility index (Phi) is 8.82. The molecule has 1 amide bonds. The summed E-state index contributed by atoms with van der Waals surface area (Å²) in [6.07, 6.45) is -4.61. The molecule has 5 atom stereocenters. The monoisotopic (exact) mass is 453 g/mol. The number of ether oxygens (including phenoxy) is 6. The molecule has 1 fully saturated rings. The molecule has 0 spiro atoms. The third-order valence-corrected chi connectivity index (χ3v) is 4.36. The maximum Gasteiger partial charge on any atom is 0.303 e. The minimum Gasteiger partial charge on any atom is -0.497 e. The van der Waals surface area contributed by atoms with E-state index in [0.29, 0.717) is 11.5 Å². The van der Waals surface area contributed by atoms with E-state index in [1.54, 1.807) is 24.3 Å². The molecule has 1 N–H and O–H groups in total. The molecule has 1 aromatic carbocycles. The lowest BCUT2D eigenvalue weighted by atomic mass is 9.96. The first kappa shape index (κ1) is 24.9. The van der Waals surface area contributed by atoms with Gasteiger partial charge in [0.15, 0.2) is 12.2 Å². The minimum absolute atomic E-state index is 0.310. The fourth-order valence-corrected chi connectivity index (χ4v) is 3.20. The van der Waals surface area contributed by atoms with Crippen LogP contribution in [0.3, 0.4) is 0 Å². The van der Waals surface area contributed by atoms with Crippen LogP contribution in [0, 0.1) is 0 Å². The van der Waals surface area contributed by atoms with Gasteiger partial charge in [-0.2, -0.15) is 0 Å². The number of hydrogen-bond donors (Lipinski definition) is 1. The number of methoxy groups -OCH3 is 1. The van der Waals surface area contributed by atoms with Gasteiger partial charge in [-0.15, -0.1) is 0 Å². The van der Waals surface area contributed by atoms with Crippen LogP contribution in [0.2, 0.25) is 0 Å². The molecular weight excluding hydrogens is 426 g/mol. The van der Waals surface area contributed by atoms with Crippen molar-refractivity contribution in [1.29, 1.82) is 0 Å². The van der Waals surface area contributed by atoms with Crippen molar-refractivity contribution in [2.45, 2.75) is 58.3 Å². The molecule has 1 heterocycles. The fraction of sp³-hybridized carbons (Fsp3) is 0.524. The molecule has 0 unspecified atom stereocenters. The third kappa shape index (κ3) is 7.12. The summed E-state index contributed by atoms with van der Waals surface area (Å²) in [5, 5.41) is 2.63. The summed E-state index contributed by atoms with van der Waals surface area (Å²) in [6.45, 7) is 4.50. The molecule has 0 aliphatic carbocycles. The van der Waals surface area contributed by atoms with Gasteiger partial charge >= 0.3 is 17.9 Å². The number of carbonyl (C=O) groups is 4. The van der Waals surface area contributed by atoms with E-state index in [0.717, 1.165) is 0 Å². The van der Waals surface area contributed by atoms with Crippen LogP contribution < -0.4 is 14.8 Å². The molecule has 32 heavy (non-hydrogen) atoms. The van der Waals surface area contributed by atoms with Crippen LogP contribution in [0.1, 0.15) is 27.7 Å². The molecule has 176 valence electrons. The summed E-state index contributed by atoms with van der Waals surface area (Å²) < 4.78 is 32.8. The molecule has 0 aromatic heterocycles. The highest BCUT2D eigenvalue weighted by molar-refractivity contribution is 5.73. The van der Waals surface area contributed by atoms with E-state index in [-0.39, 0.29) is 6.61 Å². The quantitative estimate of drug-likeness (QED) is 0.443. The lowest BCUT2D eigenvalue weighted by Crippen LogP contribution is -2.67. The third-order valence-electron chi connectivity index (χ3n) is 4.36. The zero-order valence-electron chi connectivity index (χ0n) is 18.5. The summed E-state index contributed by atoms with van der Waals surface area (Å²) in [5.41, 5.74) is 0. The van der Waals surface area contributed by atoms with E-state index in [2.05, 4.69) is 5.32 Å². The van der Waals surface area contributed by atoms with Crippen molar-refractivity contribution in [3.05, 3.63) is 24.3 Å². The Labute approximate surface area is 185 Å². The van der Waals surface area contributed by atoms with E-state index < -0.39 is 54.5 Å². The predicted octanol–water partition coefficient (Wildman–Crippen LogP) is 0.730. The van der Waals surface area contributed by atoms with E-state index in [9.17, 15) is 19.2 Å². The number of amides is 1.